The van der Waals surface area contributed by atoms with E-state index in [-0.39, 0.29) is 4.73 Å². The highest BCUT2D eigenvalue weighted by atomic mass is 16.5. The van der Waals surface area contributed by atoms with E-state index in [1.54, 1.807) is 24.3 Å². The van der Waals surface area contributed by atoms with Crippen LogP contribution in [0.3, 0.4) is 0 Å². The Morgan fingerprint density at radius 1 is 1.23 bits per heavy atom. The second kappa shape index (κ2) is 2.52. The molecule has 0 unspecified atom stereocenters. The molecular weight excluding hydrogens is 170 g/mol. The molecule has 1 aromatic heterocycles. The van der Waals surface area contributed by atoms with E-state index in [4.69, 9.17) is 5.21 Å². The standard InChI is InChI=1S/C9H7NO3/c11-8-5-6-3-1-2-4-7(6)9(12)10(8)13/h1-5,12-13H. The maximum atomic E-state index is 11.0. The molecule has 0 fully saturated rings. The Morgan fingerprint density at radius 2 is 1.92 bits per heavy atom. The predicted molar refractivity (Wildman–Crippen MR) is 47.1 cm³/mol. The van der Waals surface area contributed by atoms with Gasteiger partial charge in [0.2, 0.25) is 5.88 Å². The zero-order chi connectivity index (χ0) is 9.42. The van der Waals surface area contributed by atoms with Gasteiger partial charge in [-0.15, -0.1) is 4.73 Å². The highest BCUT2D eigenvalue weighted by Crippen LogP contribution is 2.20. The summed E-state index contributed by atoms with van der Waals surface area (Å²) in [4.78, 5) is 11.0. The Labute approximate surface area is 73.2 Å². The minimum absolute atomic E-state index is 0.225. The number of benzene rings is 1. The van der Waals surface area contributed by atoms with Crippen LogP contribution in [0, 0.1) is 0 Å². The van der Waals surface area contributed by atoms with Gasteiger partial charge in [-0.05, 0) is 11.5 Å². The van der Waals surface area contributed by atoms with E-state index in [0.29, 0.717) is 10.8 Å². The third-order valence-corrected chi connectivity index (χ3v) is 1.89. The van der Waals surface area contributed by atoms with Crippen molar-refractivity contribution in [2.45, 2.75) is 0 Å². The summed E-state index contributed by atoms with van der Waals surface area (Å²) in [5.74, 6) is -0.428. The molecule has 0 bridgehead atoms. The van der Waals surface area contributed by atoms with Gasteiger partial charge in [0.25, 0.3) is 5.56 Å². The molecule has 4 heteroatoms. The molecule has 0 saturated heterocycles. The summed E-state index contributed by atoms with van der Waals surface area (Å²) in [5.41, 5.74) is -0.642. The highest BCUT2D eigenvalue weighted by Gasteiger charge is 2.05. The number of hydrogen-bond donors (Lipinski definition) is 2. The molecule has 66 valence electrons. The second-order valence-corrected chi connectivity index (χ2v) is 2.71. The zero-order valence-corrected chi connectivity index (χ0v) is 6.64. The predicted octanol–water partition coefficient (Wildman–Crippen LogP) is 0.944. The fraction of sp³-hybridized carbons (Fsp3) is 0. The molecule has 1 heterocycles. The molecule has 0 aliphatic carbocycles. The first-order chi connectivity index (χ1) is 6.20. The summed E-state index contributed by atoms with van der Waals surface area (Å²) in [5, 5.41) is 19.5. The molecular formula is C9H7NO3. The van der Waals surface area contributed by atoms with Gasteiger partial charge in [0.15, 0.2) is 0 Å². The van der Waals surface area contributed by atoms with E-state index >= 15 is 0 Å². The van der Waals surface area contributed by atoms with E-state index < -0.39 is 11.4 Å². The van der Waals surface area contributed by atoms with Gasteiger partial charge in [0.1, 0.15) is 0 Å². The average molecular weight is 177 g/mol. The monoisotopic (exact) mass is 177 g/mol. The number of rotatable bonds is 0. The SMILES string of the molecule is O=c1cc2ccccc2c(O)n1O. The summed E-state index contributed by atoms with van der Waals surface area (Å²) >= 11 is 0. The van der Waals surface area contributed by atoms with Crippen LogP contribution in [0.25, 0.3) is 10.8 Å². The van der Waals surface area contributed by atoms with Gasteiger partial charge in [0.05, 0.1) is 0 Å². The summed E-state index contributed by atoms with van der Waals surface area (Å²) < 4.78 is 0.225. The van der Waals surface area contributed by atoms with E-state index in [1.807, 2.05) is 0 Å². The second-order valence-electron chi connectivity index (χ2n) is 2.71. The number of pyridine rings is 1. The van der Waals surface area contributed by atoms with Crippen LogP contribution in [-0.4, -0.2) is 15.0 Å². The van der Waals surface area contributed by atoms with E-state index in [2.05, 4.69) is 0 Å². The molecule has 2 aromatic rings. The van der Waals surface area contributed by atoms with Gasteiger partial charge in [-0.1, -0.05) is 18.2 Å². The third-order valence-electron chi connectivity index (χ3n) is 1.89. The summed E-state index contributed by atoms with van der Waals surface area (Å²) in [6, 6.07) is 8.04. The molecule has 13 heavy (non-hydrogen) atoms. The average Bonchev–Trinajstić information content (AvgIpc) is 2.15. The first kappa shape index (κ1) is 7.67. The van der Waals surface area contributed by atoms with Crippen LogP contribution in [0.2, 0.25) is 0 Å². The minimum atomic E-state index is -0.642. The van der Waals surface area contributed by atoms with Gasteiger partial charge in [-0.3, -0.25) is 4.79 Å². The Bertz CT molecular complexity index is 516. The maximum absolute atomic E-state index is 11.0. The molecule has 0 radical (unpaired) electrons. The highest BCUT2D eigenvalue weighted by molar-refractivity contribution is 5.86. The molecule has 0 amide bonds. The summed E-state index contributed by atoms with van der Waals surface area (Å²) in [6.07, 6.45) is 0. The molecule has 2 N–H and O–H groups in total. The van der Waals surface area contributed by atoms with Crippen molar-refractivity contribution in [1.82, 2.24) is 4.73 Å². The zero-order valence-electron chi connectivity index (χ0n) is 6.64. The number of aromatic nitrogens is 1. The topological polar surface area (TPSA) is 62.5 Å². The Balaban J connectivity index is 3.02. The molecule has 1 aromatic carbocycles. The van der Waals surface area contributed by atoms with Crippen molar-refractivity contribution in [3.05, 3.63) is 40.7 Å². The van der Waals surface area contributed by atoms with Crippen LogP contribution in [-0.2, 0) is 0 Å². The fourth-order valence-electron chi connectivity index (χ4n) is 1.24. The summed E-state index contributed by atoms with van der Waals surface area (Å²) in [7, 11) is 0. The van der Waals surface area contributed by atoms with Crippen molar-refractivity contribution in [2.75, 3.05) is 0 Å². The van der Waals surface area contributed by atoms with Crippen LogP contribution < -0.4 is 5.56 Å². The van der Waals surface area contributed by atoms with Gasteiger partial charge < -0.3 is 10.3 Å². The molecule has 0 aliphatic heterocycles. The number of aromatic hydroxyl groups is 1. The lowest BCUT2D eigenvalue weighted by Crippen LogP contribution is -2.15. The lowest BCUT2D eigenvalue weighted by atomic mass is 10.2. The fourth-order valence-corrected chi connectivity index (χ4v) is 1.24. The van der Waals surface area contributed by atoms with Crippen molar-refractivity contribution in [3.63, 3.8) is 0 Å². The molecule has 0 saturated carbocycles. The van der Waals surface area contributed by atoms with Crippen molar-refractivity contribution in [3.8, 4) is 5.88 Å². The quantitative estimate of drug-likeness (QED) is 0.589. The Hall–Kier alpha value is -1.97. The van der Waals surface area contributed by atoms with Gasteiger partial charge in [-0.25, -0.2) is 0 Å². The van der Waals surface area contributed by atoms with E-state index in [9.17, 15) is 9.90 Å². The van der Waals surface area contributed by atoms with Crippen LogP contribution in [0.5, 0.6) is 5.88 Å². The number of nitrogens with zero attached hydrogens (tertiary/aromatic N) is 1. The smallest absolute Gasteiger partial charge is 0.286 e. The van der Waals surface area contributed by atoms with E-state index in [0.717, 1.165) is 0 Å². The number of fused-ring (bicyclic) bond motifs is 1. The normalized spacial score (nSPS) is 10.5. The van der Waals surface area contributed by atoms with Gasteiger partial charge in [0, 0.05) is 11.5 Å². The molecule has 0 spiro atoms. The van der Waals surface area contributed by atoms with Crippen molar-refractivity contribution in [1.29, 1.82) is 0 Å². The third kappa shape index (κ3) is 1.03. The first-order valence-corrected chi connectivity index (χ1v) is 3.73. The maximum Gasteiger partial charge on any atom is 0.286 e. The molecule has 0 atom stereocenters. The van der Waals surface area contributed by atoms with Crippen molar-refractivity contribution >= 4 is 10.8 Å². The van der Waals surface area contributed by atoms with Crippen LogP contribution >= 0.6 is 0 Å². The van der Waals surface area contributed by atoms with Crippen LogP contribution in [0.15, 0.2) is 35.1 Å². The summed E-state index contributed by atoms with van der Waals surface area (Å²) in [6.45, 7) is 0. The molecule has 4 nitrogen and oxygen atoms in total. The molecule has 2 rings (SSSR count). The largest absolute Gasteiger partial charge is 0.492 e. The lowest BCUT2D eigenvalue weighted by molar-refractivity contribution is 0.146. The first-order valence-electron chi connectivity index (χ1n) is 3.73. The van der Waals surface area contributed by atoms with Gasteiger partial charge >= 0.3 is 0 Å². The molecule has 0 aliphatic rings. The Morgan fingerprint density at radius 3 is 2.69 bits per heavy atom. The minimum Gasteiger partial charge on any atom is -0.492 e. The van der Waals surface area contributed by atoms with Crippen molar-refractivity contribution < 1.29 is 10.3 Å². The Kier molecular flexibility index (Phi) is 1.48. The van der Waals surface area contributed by atoms with E-state index in [1.165, 1.54) is 6.07 Å². The van der Waals surface area contributed by atoms with Crippen molar-refractivity contribution in [2.24, 2.45) is 0 Å². The lowest BCUT2D eigenvalue weighted by Gasteiger charge is -2.02. The van der Waals surface area contributed by atoms with Crippen LogP contribution in [0.4, 0.5) is 0 Å². The van der Waals surface area contributed by atoms with Gasteiger partial charge in [-0.2, -0.15) is 0 Å². The number of hydrogen-bond acceptors (Lipinski definition) is 3. The van der Waals surface area contributed by atoms with Crippen LogP contribution in [0.1, 0.15) is 0 Å².